The van der Waals surface area contributed by atoms with Gasteiger partial charge in [0.1, 0.15) is 5.82 Å². The van der Waals surface area contributed by atoms with E-state index in [9.17, 15) is 9.18 Å². The molecule has 0 radical (unpaired) electrons. The van der Waals surface area contributed by atoms with E-state index in [0.717, 1.165) is 23.1 Å². The predicted octanol–water partition coefficient (Wildman–Crippen LogP) is 3.41. The molecule has 0 heterocycles. The van der Waals surface area contributed by atoms with Crippen LogP contribution in [0.25, 0.3) is 0 Å². The van der Waals surface area contributed by atoms with Gasteiger partial charge >= 0.3 is 0 Å². The first-order valence-corrected chi connectivity index (χ1v) is 9.10. The molecule has 0 spiro atoms. The van der Waals surface area contributed by atoms with Crippen LogP contribution >= 0.6 is 24.0 Å². The number of aryl methyl sites for hydroxylation is 1. The second-order valence-electron chi connectivity index (χ2n) is 6.23. The Morgan fingerprint density at radius 2 is 1.79 bits per heavy atom. The van der Waals surface area contributed by atoms with Crippen molar-refractivity contribution < 1.29 is 9.18 Å². The first-order valence-electron chi connectivity index (χ1n) is 9.10. The van der Waals surface area contributed by atoms with Crippen molar-refractivity contribution in [2.24, 2.45) is 4.99 Å². The number of carbonyl (C=O) groups is 1. The Morgan fingerprint density at radius 1 is 1.07 bits per heavy atom. The van der Waals surface area contributed by atoms with Crippen molar-refractivity contribution in [2.75, 3.05) is 20.1 Å². The molecule has 28 heavy (non-hydrogen) atoms. The van der Waals surface area contributed by atoms with Crippen molar-refractivity contribution in [3.63, 3.8) is 0 Å². The molecule has 0 bridgehead atoms. The van der Waals surface area contributed by atoms with Crippen LogP contribution in [0.5, 0.6) is 0 Å². The number of aliphatic imine (C=N–C) groups is 1. The van der Waals surface area contributed by atoms with Crippen molar-refractivity contribution in [3.8, 4) is 0 Å². The normalized spacial score (nSPS) is 10.8. The van der Waals surface area contributed by atoms with Crippen LogP contribution < -0.4 is 16.0 Å². The van der Waals surface area contributed by atoms with E-state index in [1.165, 1.54) is 6.07 Å². The third-order valence-electron chi connectivity index (χ3n) is 4.23. The third kappa shape index (κ3) is 7.46. The summed E-state index contributed by atoms with van der Waals surface area (Å²) in [6.45, 7) is 5.72. The molecule has 0 saturated carbocycles. The summed E-state index contributed by atoms with van der Waals surface area (Å²) in [6, 6.07) is 12.3. The van der Waals surface area contributed by atoms with Crippen LogP contribution in [0.15, 0.2) is 47.5 Å². The van der Waals surface area contributed by atoms with E-state index < -0.39 is 0 Å². The lowest BCUT2D eigenvalue weighted by atomic mass is 10.1. The molecule has 0 fully saturated rings. The molecule has 0 unspecified atom stereocenters. The van der Waals surface area contributed by atoms with Crippen LogP contribution in [0.4, 0.5) is 4.39 Å². The molecule has 5 nitrogen and oxygen atoms in total. The van der Waals surface area contributed by atoms with E-state index in [1.807, 2.05) is 44.2 Å². The zero-order chi connectivity index (χ0) is 19.6. The third-order valence-corrected chi connectivity index (χ3v) is 4.23. The first-order chi connectivity index (χ1) is 13.0. The summed E-state index contributed by atoms with van der Waals surface area (Å²) >= 11 is 0. The Kier molecular flexibility index (Phi) is 10.5. The standard InChI is InChI=1S/C21H27FN4O.HI/c1-4-24-20(27)18-7-5-16(6-8-18)14-26-21(23-3)25-12-11-17-9-10-19(22)13-15(17)2;/h5-10,13H,4,11-12,14H2,1-3H3,(H,24,27)(H2,23,25,26);1H. The molecule has 0 atom stereocenters. The predicted molar refractivity (Wildman–Crippen MR) is 123 cm³/mol. The largest absolute Gasteiger partial charge is 0.356 e. The van der Waals surface area contributed by atoms with Gasteiger partial charge < -0.3 is 16.0 Å². The summed E-state index contributed by atoms with van der Waals surface area (Å²) in [6.07, 6.45) is 0.786. The van der Waals surface area contributed by atoms with Crippen molar-refractivity contribution in [1.29, 1.82) is 0 Å². The Labute approximate surface area is 183 Å². The molecule has 0 aliphatic carbocycles. The fraction of sp³-hybridized carbons (Fsp3) is 0.333. The Morgan fingerprint density at radius 3 is 2.39 bits per heavy atom. The zero-order valence-electron chi connectivity index (χ0n) is 16.5. The minimum atomic E-state index is -0.208. The highest BCUT2D eigenvalue weighted by Gasteiger charge is 2.05. The lowest BCUT2D eigenvalue weighted by molar-refractivity contribution is 0.0956. The van der Waals surface area contributed by atoms with Gasteiger partial charge in [-0.3, -0.25) is 9.79 Å². The van der Waals surface area contributed by atoms with E-state index in [1.54, 1.807) is 13.1 Å². The van der Waals surface area contributed by atoms with Crippen LogP contribution in [0, 0.1) is 12.7 Å². The minimum absolute atomic E-state index is 0. The fourth-order valence-corrected chi connectivity index (χ4v) is 2.70. The molecule has 2 rings (SSSR count). The lowest BCUT2D eigenvalue weighted by Gasteiger charge is -2.13. The van der Waals surface area contributed by atoms with Crippen LogP contribution in [0.2, 0.25) is 0 Å². The van der Waals surface area contributed by atoms with Gasteiger partial charge in [0.25, 0.3) is 5.91 Å². The Bertz CT molecular complexity index is 793. The van der Waals surface area contributed by atoms with Gasteiger partial charge in [0.2, 0.25) is 0 Å². The average Bonchev–Trinajstić information content (AvgIpc) is 2.66. The number of halogens is 2. The molecule has 0 aliphatic rings. The maximum Gasteiger partial charge on any atom is 0.251 e. The van der Waals surface area contributed by atoms with Gasteiger partial charge in [-0.05, 0) is 61.2 Å². The SMILES string of the molecule is CCNC(=O)c1ccc(CNC(=NC)NCCc2ccc(F)cc2C)cc1.I. The minimum Gasteiger partial charge on any atom is -0.356 e. The highest BCUT2D eigenvalue weighted by Crippen LogP contribution is 2.10. The second-order valence-corrected chi connectivity index (χ2v) is 6.23. The zero-order valence-corrected chi connectivity index (χ0v) is 18.8. The van der Waals surface area contributed by atoms with Crippen molar-refractivity contribution >= 4 is 35.8 Å². The molecule has 0 aliphatic heterocycles. The summed E-state index contributed by atoms with van der Waals surface area (Å²) < 4.78 is 13.2. The molecule has 7 heteroatoms. The van der Waals surface area contributed by atoms with Crippen LogP contribution in [-0.2, 0) is 13.0 Å². The summed E-state index contributed by atoms with van der Waals surface area (Å²) in [4.78, 5) is 16.0. The number of amides is 1. The van der Waals surface area contributed by atoms with Crippen LogP contribution in [-0.4, -0.2) is 32.0 Å². The maximum absolute atomic E-state index is 13.2. The number of benzene rings is 2. The molecule has 2 aromatic carbocycles. The molecule has 1 amide bonds. The summed E-state index contributed by atoms with van der Waals surface area (Å²) in [7, 11) is 1.72. The molecule has 3 N–H and O–H groups in total. The van der Waals surface area contributed by atoms with E-state index in [0.29, 0.717) is 31.2 Å². The molecule has 0 saturated heterocycles. The van der Waals surface area contributed by atoms with Crippen molar-refractivity contribution in [2.45, 2.75) is 26.8 Å². The molecular formula is C21H28FIN4O. The topological polar surface area (TPSA) is 65.5 Å². The Balaban J connectivity index is 0.00000392. The Hall–Kier alpha value is -2.16. The highest BCUT2D eigenvalue weighted by molar-refractivity contribution is 14.0. The number of nitrogens with zero attached hydrogens (tertiary/aromatic N) is 1. The second kappa shape index (κ2) is 12.3. The highest BCUT2D eigenvalue weighted by atomic mass is 127. The number of rotatable bonds is 7. The molecule has 2 aromatic rings. The average molecular weight is 498 g/mol. The van der Waals surface area contributed by atoms with Gasteiger partial charge in [0, 0.05) is 32.2 Å². The monoisotopic (exact) mass is 498 g/mol. The maximum atomic E-state index is 13.2. The van der Waals surface area contributed by atoms with Gasteiger partial charge in [-0.2, -0.15) is 0 Å². The number of nitrogens with one attached hydrogen (secondary N) is 3. The lowest BCUT2D eigenvalue weighted by Crippen LogP contribution is -2.37. The quantitative estimate of drug-likeness (QED) is 0.312. The van der Waals surface area contributed by atoms with E-state index in [2.05, 4.69) is 20.9 Å². The molecule has 0 aromatic heterocycles. The molecular weight excluding hydrogens is 470 g/mol. The number of guanidine groups is 1. The first kappa shape index (κ1) is 23.9. The van der Waals surface area contributed by atoms with Gasteiger partial charge in [-0.1, -0.05) is 18.2 Å². The van der Waals surface area contributed by atoms with E-state index in [4.69, 9.17) is 0 Å². The van der Waals surface area contributed by atoms with Crippen LogP contribution in [0.1, 0.15) is 34.0 Å². The summed E-state index contributed by atoms with van der Waals surface area (Å²) in [5, 5.41) is 9.29. The van der Waals surface area contributed by atoms with Crippen molar-refractivity contribution in [3.05, 3.63) is 70.5 Å². The van der Waals surface area contributed by atoms with E-state index >= 15 is 0 Å². The summed E-state index contributed by atoms with van der Waals surface area (Å²) in [5.41, 5.74) is 3.77. The van der Waals surface area contributed by atoms with Crippen molar-refractivity contribution in [1.82, 2.24) is 16.0 Å². The van der Waals surface area contributed by atoms with Crippen LogP contribution in [0.3, 0.4) is 0 Å². The molecule has 152 valence electrons. The van der Waals surface area contributed by atoms with Gasteiger partial charge in [0.15, 0.2) is 5.96 Å². The van der Waals surface area contributed by atoms with E-state index in [-0.39, 0.29) is 35.7 Å². The van der Waals surface area contributed by atoms with Gasteiger partial charge in [-0.15, -0.1) is 24.0 Å². The fourth-order valence-electron chi connectivity index (χ4n) is 2.70. The number of hydrogen-bond donors (Lipinski definition) is 3. The number of hydrogen-bond acceptors (Lipinski definition) is 2. The smallest absolute Gasteiger partial charge is 0.251 e. The number of carbonyl (C=O) groups excluding carboxylic acids is 1. The van der Waals surface area contributed by atoms with Gasteiger partial charge in [-0.25, -0.2) is 4.39 Å². The van der Waals surface area contributed by atoms with Gasteiger partial charge in [0.05, 0.1) is 0 Å². The summed E-state index contributed by atoms with van der Waals surface area (Å²) in [5.74, 6) is 0.424.